The summed E-state index contributed by atoms with van der Waals surface area (Å²) in [6.45, 7) is 0.702. The molecule has 0 unspecified atom stereocenters. The molecule has 0 spiro atoms. The molecule has 5 heteroatoms. The van der Waals surface area contributed by atoms with E-state index in [0.29, 0.717) is 23.6 Å². The minimum absolute atomic E-state index is 0.129. The molecule has 0 atom stereocenters. The summed E-state index contributed by atoms with van der Waals surface area (Å²) in [5, 5.41) is 11.5. The number of rotatable bonds is 5. The summed E-state index contributed by atoms with van der Waals surface area (Å²) in [5.41, 5.74) is 2.70. The van der Waals surface area contributed by atoms with E-state index >= 15 is 0 Å². The lowest BCUT2D eigenvalue weighted by atomic mass is 9.89. The van der Waals surface area contributed by atoms with Crippen molar-refractivity contribution in [2.75, 3.05) is 6.54 Å². The van der Waals surface area contributed by atoms with Crippen LogP contribution in [0.3, 0.4) is 0 Å². The zero-order chi connectivity index (χ0) is 15.8. The van der Waals surface area contributed by atoms with Gasteiger partial charge < -0.3 is 5.32 Å². The average molecular weight is 302 g/mol. The smallest absolute Gasteiger partial charge is 0.267 e. The second-order valence-corrected chi connectivity index (χ2v) is 5.61. The number of carbonyl (C=O) groups is 2. The van der Waals surface area contributed by atoms with Gasteiger partial charge in [0.25, 0.3) is 11.8 Å². The minimum Gasteiger partial charge on any atom is -0.352 e. The van der Waals surface area contributed by atoms with Crippen LogP contribution in [0.4, 0.5) is 0 Å². The van der Waals surface area contributed by atoms with E-state index < -0.39 is 5.91 Å². The molecule has 1 aromatic rings. The van der Waals surface area contributed by atoms with E-state index in [4.69, 9.17) is 5.21 Å². The van der Waals surface area contributed by atoms with E-state index in [1.807, 2.05) is 0 Å². The first kappa shape index (κ1) is 16.2. The second kappa shape index (κ2) is 8.34. The summed E-state index contributed by atoms with van der Waals surface area (Å²) >= 11 is 0. The van der Waals surface area contributed by atoms with Gasteiger partial charge in [0.15, 0.2) is 0 Å². The van der Waals surface area contributed by atoms with Crippen LogP contribution < -0.4 is 10.8 Å². The highest BCUT2D eigenvalue weighted by Crippen LogP contribution is 2.23. The fourth-order valence-corrected chi connectivity index (χ4v) is 2.78. The number of carbonyl (C=O) groups excluding carboxylic acids is 2. The Kier molecular flexibility index (Phi) is 6.15. The number of nitrogens with one attached hydrogen (secondary N) is 2. The molecule has 0 bridgehead atoms. The third-order valence-electron chi connectivity index (χ3n) is 4.01. The van der Waals surface area contributed by atoms with Crippen molar-refractivity contribution in [3.8, 4) is 0 Å². The van der Waals surface area contributed by atoms with Gasteiger partial charge in [-0.25, -0.2) is 5.48 Å². The second-order valence-electron chi connectivity index (χ2n) is 5.61. The molecular weight excluding hydrogens is 280 g/mol. The zero-order valence-corrected chi connectivity index (χ0v) is 12.5. The minimum atomic E-state index is -0.627. The number of benzene rings is 1. The van der Waals surface area contributed by atoms with Crippen LogP contribution in [0, 0.1) is 5.92 Å². The lowest BCUT2D eigenvalue weighted by Crippen LogP contribution is -2.30. The van der Waals surface area contributed by atoms with E-state index in [0.717, 1.165) is 0 Å². The molecule has 0 saturated heterocycles. The molecule has 5 nitrogen and oxygen atoms in total. The SMILES string of the molecule is O=C(/C=C/c1ccccc1C(=O)NCC1CCCCC1)NO. The summed E-state index contributed by atoms with van der Waals surface area (Å²) < 4.78 is 0. The fourth-order valence-electron chi connectivity index (χ4n) is 2.78. The maximum Gasteiger partial charge on any atom is 0.267 e. The van der Waals surface area contributed by atoms with Gasteiger partial charge in [-0.15, -0.1) is 0 Å². The number of amides is 2. The number of hydrogen-bond donors (Lipinski definition) is 3. The lowest BCUT2D eigenvalue weighted by molar-refractivity contribution is -0.124. The Bertz CT molecular complexity index is 549. The Morgan fingerprint density at radius 1 is 1.18 bits per heavy atom. The first-order chi connectivity index (χ1) is 10.7. The Balaban J connectivity index is 1.99. The quantitative estimate of drug-likeness (QED) is 0.444. The van der Waals surface area contributed by atoms with Gasteiger partial charge in [-0.2, -0.15) is 0 Å². The Morgan fingerprint density at radius 3 is 2.64 bits per heavy atom. The maximum absolute atomic E-state index is 12.3. The monoisotopic (exact) mass is 302 g/mol. The van der Waals surface area contributed by atoms with E-state index in [1.165, 1.54) is 49.7 Å². The van der Waals surface area contributed by atoms with Crippen LogP contribution in [0.5, 0.6) is 0 Å². The van der Waals surface area contributed by atoms with Crippen LogP contribution >= 0.6 is 0 Å². The molecule has 3 N–H and O–H groups in total. The molecule has 0 aromatic heterocycles. The predicted octanol–water partition coefficient (Wildman–Crippen LogP) is 2.52. The zero-order valence-electron chi connectivity index (χ0n) is 12.5. The highest BCUT2D eigenvalue weighted by atomic mass is 16.5. The third-order valence-corrected chi connectivity index (χ3v) is 4.01. The fraction of sp³-hybridized carbons (Fsp3) is 0.412. The van der Waals surface area contributed by atoms with E-state index in [1.54, 1.807) is 24.3 Å². The van der Waals surface area contributed by atoms with Crippen molar-refractivity contribution in [3.63, 3.8) is 0 Å². The van der Waals surface area contributed by atoms with Crippen LogP contribution in [0.15, 0.2) is 30.3 Å². The molecular formula is C17H22N2O3. The molecule has 1 saturated carbocycles. The molecule has 1 aliphatic rings. The highest BCUT2D eigenvalue weighted by Gasteiger charge is 2.15. The molecule has 118 valence electrons. The van der Waals surface area contributed by atoms with Crippen molar-refractivity contribution in [3.05, 3.63) is 41.5 Å². The van der Waals surface area contributed by atoms with Crippen molar-refractivity contribution in [1.29, 1.82) is 0 Å². The number of hydrogen-bond acceptors (Lipinski definition) is 3. The Hall–Kier alpha value is -2.14. The van der Waals surface area contributed by atoms with Gasteiger partial charge >= 0.3 is 0 Å². The average Bonchev–Trinajstić information content (AvgIpc) is 2.58. The normalized spacial score (nSPS) is 15.7. The summed E-state index contributed by atoms with van der Waals surface area (Å²) in [6, 6.07) is 7.08. The van der Waals surface area contributed by atoms with Crippen LogP contribution in [0.2, 0.25) is 0 Å². The first-order valence-corrected chi connectivity index (χ1v) is 7.70. The first-order valence-electron chi connectivity index (χ1n) is 7.70. The standard InChI is InChI=1S/C17H22N2O3/c20-16(19-22)11-10-14-8-4-5-9-15(14)17(21)18-12-13-6-2-1-3-7-13/h4-5,8-11,13,22H,1-3,6-7,12H2,(H,18,21)(H,19,20)/b11-10+. The van der Waals surface area contributed by atoms with Crippen LogP contribution in [0.1, 0.15) is 48.0 Å². The van der Waals surface area contributed by atoms with Crippen LogP contribution in [-0.2, 0) is 4.79 Å². The van der Waals surface area contributed by atoms with Crippen molar-refractivity contribution >= 4 is 17.9 Å². The maximum atomic E-state index is 12.3. The number of hydroxylamine groups is 1. The van der Waals surface area contributed by atoms with Crippen molar-refractivity contribution in [2.45, 2.75) is 32.1 Å². The van der Waals surface area contributed by atoms with Gasteiger partial charge in [-0.1, -0.05) is 37.5 Å². The predicted molar refractivity (Wildman–Crippen MR) is 84.3 cm³/mol. The van der Waals surface area contributed by atoms with E-state index in [9.17, 15) is 9.59 Å². The summed E-state index contributed by atoms with van der Waals surface area (Å²) in [4.78, 5) is 23.4. The van der Waals surface area contributed by atoms with Gasteiger partial charge in [-0.05, 0) is 36.5 Å². The van der Waals surface area contributed by atoms with Crippen molar-refractivity contribution in [2.24, 2.45) is 5.92 Å². The molecule has 22 heavy (non-hydrogen) atoms. The molecule has 2 rings (SSSR count). The molecule has 1 aliphatic carbocycles. The van der Waals surface area contributed by atoms with Crippen LogP contribution in [0.25, 0.3) is 6.08 Å². The van der Waals surface area contributed by atoms with Gasteiger partial charge in [0.1, 0.15) is 0 Å². The van der Waals surface area contributed by atoms with Gasteiger partial charge in [-0.3, -0.25) is 14.8 Å². The largest absolute Gasteiger partial charge is 0.352 e. The van der Waals surface area contributed by atoms with E-state index in [-0.39, 0.29) is 5.91 Å². The topological polar surface area (TPSA) is 78.4 Å². The molecule has 0 radical (unpaired) electrons. The molecule has 2 amide bonds. The summed E-state index contributed by atoms with van der Waals surface area (Å²) in [5.74, 6) is -0.187. The van der Waals surface area contributed by atoms with Gasteiger partial charge in [0.2, 0.25) is 0 Å². The highest BCUT2D eigenvalue weighted by molar-refractivity contribution is 5.99. The molecule has 1 aromatic carbocycles. The Labute approximate surface area is 130 Å². The van der Waals surface area contributed by atoms with Crippen molar-refractivity contribution in [1.82, 2.24) is 10.8 Å². The Morgan fingerprint density at radius 2 is 1.91 bits per heavy atom. The summed E-state index contributed by atoms with van der Waals surface area (Å²) in [7, 11) is 0. The molecule has 0 aliphatic heterocycles. The molecule has 1 fully saturated rings. The third kappa shape index (κ3) is 4.70. The van der Waals surface area contributed by atoms with Gasteiger partial charge in [0.05, 0.1) is 0 Å². The summed E-state index contributed by atoms with van der Waals surface area (Å²) in [6.07, 6.45) is 8.85. The molecule has 0 heterocycles. The van der Waals surface area contributed by atoms with Crippen LogP contribution in [-0.4, -0.2) is 23.6 Å². The lowest BCUT2D eigenvalue weighted by Gasteiger charge is -2.21. The van der Waals surface area contributed by atoms with Crippen molar-refractivity contribution < 1.29 is 14.8 Å². The van der Waals surface area contributed by atoms with Gasteiger partial charge in [0, 0.05) is 18.2 Å². The van der Waals surface area contributed by atoms with E-state index in [2.05, 4.69) is 5.32 Å².